The maximum Gasteiger partial charge on any atom is 0.0346 e. The Morgan fingerprint density at radius 3 is 3.00 bits per heavy atom. The summed E-state index contributed by atoms with van der Waals surface area (Å²) in [6.45, 7) is 4.31. The van der Waals surface area contributed by atoms with Crippen LogP contribution in [0.4, 0.5) is 0 Å². The van der Waals surface area contributed by atoms with Gasteiger partial charge in [0.1, 0.15) is 0 Å². The van der Waals surface area contributed by atoms with Gasteiger partial charge in [-0.1, -0.05) is 19.1 Å². The molecule has 0 radical (unpaired) electrons. The maximum absolute atomic E-state index is 4.13. The number of nitrogens with zero attached hydrogens (tertiary/aromatic N) is 1. The van der Waals surface area contributed by atoms with Gasteiger partial charge in [-0.05, 0) is 47.6 Å². The summed E-state index contributed by atoms with van der Waals surface area (Å²) in [7, 11) is 0. The van der Waals surface area contributed by atoms with E-state index >= 15 is 0 Å². The summed E-state index contributed by atoms with van der Waals surface area (Å²) in [5.41, 5.74) is 1.34. The zero-order valence-electron chi connectivity index (χ0n) is 11.0. The highest BCUT2D eigenvalue weighted by Crippen LogP contribution is 2.14. The van der Waals surface area contributed by atoms with Gasteiger partial charge in [0.05, 0.1) is 0 Å². The molecule has 0 saturated carbocycles. The van der Waals surface area contributed by atoms with Gasteiger partial charge in [-0.2, -0.15) is 11.8 Å². The molecule has 1 aromatic heterocycles. The highest BCUT2D eigenvalue weighted by molar-refractivity contribution is 7.98. The number of aromatic nitrogens is 1. The van der Waals surface area contributed by atoms with E-state index in [0.717, 1.165) is 19.0 Å². The molecule has 0 aliphatic rings. The molecule has 0 aliphatic heterocycles. The Bertz CT molecular complexity index is 499. The second kappa shape index (κ2) is 6.76. The summed E-state index contributed by atoms with van der Waals surface area (Å²) >= 11 is 1.91. The molecule has 2 nitrogen and oxygen atoms in total. The molecule has 1 heterocycles. The van der Waals surface area contributed by atoms with Gasteiger partial charge in [-0.25, -0.2) is 0 Å². The number of thioether (sulfide) groups is 1. The van der Waals surface area contributed by atoms with Gasteiger partial charge in [0.15, 0.2) is 0 Å². The van der Waals surface area contributed by atoms with Gasteiger partial charge in [0, 0.05) is 24.3 Å². The lowest BCUT2D eigenvalue weighted by Gasteiger charge is -2.11. The van der Waals surface area contributed by atoms with Crippen LogP contribution in [0.1, 0.15) is 12.5 Å². The molecular formula is C15H20N2S. The van der Waals surface area contributed by atoms with E-state index in [1.807, 2.05) is 24.2 Å². The SMILES string of the molecule is CSCC(C)CNCc1ccc2cnccc2c1. The van der Waals surface area contributed by atoms with Gasteiger partial charge in [-0.3, -0.25) is 4.98 Å². The number of pyridine rings is 1. The summed E-state index contributed by atoms with van der Waals surface area (Å²) in [5.74, 6) is 1.95. The number of hydrogen-bond donors (Lipinski definition) is 1. The third-order valence-corrected chi connectivity index (χ3v) is 3.88. The van der Waals surface area contributed by atoms with Crippen molar-refractivity contribution in [3.05, 3.63) is 42.2 Å². The average molecular weight is 260 g/mol. The van der Waals surface area contributed by atoms with Crippen molar-refractivity contribution in [2.45, 2.75) is 13.5 Å². The van der Waals surface area contributed by atoms with Crippen molar-refractivity contribution in [1.29, 1.82) is 0 Å². The van der Waals surface area contributed by atoms with Crippen LogP contribution in [-0.4, -0.2) is 23.5 Å². The molecule has 0 amide bonds. The number of nitrogens with one attached hydrogen (secondary N) is 1. The third kappa shape index (κ3) is 3.72. The van der Waals surface area contributed by atoms with Crippen molar-refractivity contribution in [3.8, 4) is 0 Å². The van der Waals surface area contributed by atoms with Gasteiger partial charge in [0.2, 0.25) is 0 Å². The molecule has 96 valence electrons. The van der Waals surface area contributed by atoms with Crippen LogP contribution in [0.5, 0.6) is 0 Å². The molecule has 0 bridgehead atoms. The fourth-order valence-corrected chi connectivity index (χ4v) is 2.74. The van der Waals surface area contributed by atoms with Crippen molar-refractivity contribution in [3.63, 3.8) is 0 Å². The van der Waals surface area contributed by atoms with Gasteiger partial charge in [-0.15, -0.1) is 0 Å². The summed E-state index contributed by atoms with van der Waals surface area (Å²) in [6.07, 6.45) is 5.92. The maximum atomic E-state index is 4.13. The molecule has 2 rings (SSSR count). The van der Waals surface area contributed by atoms with Gasteiger partial charge < -0.3 is 5.32 Å². The van der Waals surface area contributed by atoms with Crippen molar-refractivity contribution >= 4 is 22.5 Å². The van der Waals surface area contributed by atoms with Crippen LogP contribution >= 0.6 is 11.8 Å². The smallest absolute Gasteiger partial charge is 0.0346 e. The Balaban J connectivity index is 1.91. The minimum atomic E-state index is 0.727. The lowest BCUT2D eigenvalue weighted by Crippen LogP contribution is -2.21. The molecule has 2 aromatic rings. The standard InChI is InChI=1S/C15H20N2S/c1-12(11-18-2)8-17-9-13-3-4-15-10-16-6-5-14(15)7-13/h3-7,10,12,17H,8-9,11H2,1-2H3. The van der Waals surface area contributed by atoms with E-state index in [1.165, 1.54) is 22.1 Å². The van der Waals surface area contributed by atoms with Crippen LogP contribution in [0.3, 0.4) is 0 Å². The summed E-state index contributed by atoms with van der Waals surface area (Å²) < 4.78 is 0. The van der Waals surface area contributed by atoms with Crippen LogP contribution in [-0.2, 0) is 6.54 Å². The van der Waals surface area contributed by atoms with Crippen LogP contribution in [0, 0.1) is 5.92 Å². The zero-order chi connectivity index (χ0) is 12.8. The molecular weight excluding hydrogens is 240 g/mol. The van der Waals surface area contributed by atoms with E-state index in [-0.39, 0.29) is 0 Å². The van der Waals surface area contributed by atoms with E-state index in [4.69, 9.17) is 0 Å². The Kier molecular flexibility index (Phi) is 5.02. The number of hydrogen-bond acceptors (Lipinski definition) is 3. The summed E-state index contributed by atoms with van der Waals surface area (Å²) in [6, 6.07) is 8.62. The zero-order valence-corrected chi connectivity index (χ0v) is 11.8. The van der Waals surface area contributed by atoms with Crippen LogP contribution in [0.25, 0.3) is 10.8 Å². The molecule has 0 spiro atoms. The molecule has 0 fully saturated rings. The van der Waals surface area contributed by atoms with E-state index < -0.39 is 0 Å². The predicted molar refractivity (Wildman–Crippen MR) is 81.0 cm³/mol. The Morgan fingerprint density at radius 1 is 1.28 bits per heavy atom. The van der Waals surface area contributed by atoms with E-state index in [1.54, 1.807) is 0 Å². The molecule has 3 heteroatoms. The molecule has 0 aliphatic carbocycles. The van der Waals surface area contributed by atoms with Crippen molar-refractivity contribution in [2.24, 2.45) is 5.92 Å². The highest BCUT2D eigenvalue weighted by atomic mass is 32.2. The fraction of sp³-hybridized carbons (Fsp3) is 0.400. The van der Waals surface area contributed by atoms with Crippen LogP contribution < -0.4 is 5.32 Å². The topological polar surface area (TPSA) is 24.9 Å². The second-order valence-corrected chi connectivity index (χ2v) is 5.66. The van der Waals surface area contributed by atoms with Crippen molar-refractivity contribution in [2.75, 3.05) is 18.6 Å². The van der Waals surface area contributed by atoms with E-state index in [2.05, 4.69) is 47.7 Å². The number of benzene rings is 1. The largest absolute Gasteiger partial charge is 0.312 e. The molecule has 18 heavy (non-hydrogen) atoms. The predicted octanol–water partition coefficient (Wildman–Crippen LogP) is 3.32. The van der Waals surface area contributed by atoms with Crippen LogP contribution in [0.2, 0.25) is 0 Å². The first-order chi connectivity index (χ1) is 8.79. The van der Waals surface area contributed by atoms with Gasteiger partial charge in [0.25, 0.3) is 0 Å². The Hall–Kier alpha value is -1.06. The quantitative estimate of drug-likeness (QED) is 0.862. The molecule has 1 unspecified atom stereocenters. The highest BCUT2D eigenvalue weighted by Gasteiger charge is 2.01. The first kappa shape index (κ1) is 13.4. The van der Waals surface area contributed by atoms with E-state index in [0.29, 0.717) is 0 Å². The lowest BCUT2D eigenvalue weighted by molar-refractivity contribution is 0.559. The normalized spacial score (nSPS) is 12.8. The second-order valence-electron chi connectivity index (χ2n) is 4.75. The summed E-state index contributed by atoms with van der Waals surface area (Å²) in [4.78, 5) is 4.13. The number of fused-ring (bicyclic) bond motifs is 1. The molecule has 0 saturated heterocycles. The Morgan fingerprint density at radius 2 is 2.17 bits per heavy atom. The number of rotatable bonds is 6. The van der Waals surface area contributed by atoms with E-state index in [9.17, 15) is 0 Å². The molecule has 1 atom stereocenters. The summed E-state index contributed by atoms with van der Waals surface area (Å²) in [5, 5.41) is 5.99. The van der Waals surface area contributed by atoms with Crippen molar-refractivity contribution < 1.29 is 0 Å². The Labute approximate surface area is 113 Å². The lowest BCUT2D eigenvalue weighted by atomic mass is 10.1. The monoisotopic (exact) mass is 260 g/mol. The van der Waals surface area contributed by atoms with Gasteiger partial charge >= 0.3 is 0 Å². The first-order valence-electron chi connectivity index (χ1n) is 6.32. The average Bonchev–Trinajstić information content (AvgIpc) is 2.39. The minimum Gasteiger partial charge on any atom is -0.312 e. The molecule has 1 aromatic carbocycles. The first-order valence-corrected chi connectivity index (χ1v) is 7.71. The molecule has 1 N–H and O–H groups in total. The fourth-order valence-electron chi connectivity index (χ4n) is 2.05. The van der Waals surface area contributed by atoms with Crippen LogP contribution in [0.15, 0.2) is 36.7 Å². The minimum absolute atomic E-state index is 0.727. The third-order valence-electron chi connectivity index (χ3n) is 2.98. The van der Waals surface area contributed by atoms with Crippen molar-refractivity contribution in [1.82, 2.24) is 10.3 Å².